The van der Waals surface area contributed by atoms with Crippen molar-refractivity contribution in [3.05, 3.63) is 16.1 Å². The number of nitrogens with zero attached hydrogens (tertiary/aromatic N) is 1. The van der Waals surface area contributed by atoms with Crippen LogP contribution < -0.4 is 5.32 Å². The standard InChI is InChI=1S/C11H18N2OS.H2/c1-7(2)11-12-6-9(15-11)5-10(14)13-8(3)4;/h6-8H,5H2,1-4H3,(H,13,14);1H. The zero-order chi connectivity index (χ0) is 11.4. The van der Waals surface area contributed by atoms with Gasteiger partial charge in [-0.3, -0.25) is 4.79 Å². The van der Waals surface area contributed by atoms with E-state index in [0.29, 0.717) is 12.3 Å². The summed E-state index contributed by atoms with van der Waals surface area (Å²) in [5.41, 5.74) is 0. The van der Waals surface area contributed by atoms with Crippen LogP contribution in [0.25, 0.3) is 0 Å². The van der Waals surface area contributed by atoms with Gasteiger partial charge in [0.15, 0.2) is 0 Å². The summed E-state index contributed by atoms with van der Waals surface area (Å²) in [6.45, 7) is 8.14. The Hall–Kier alpha value is -0.900. The lowest BCUT2D eigenvalue weighted by Gasteiger charge is -2.06. The van der Waals surface area contributed by atoms with Crippen molar-refractivity contribution in [2.24, 2.45) is 0 Å². The minimum Gasteiger partial charge on any atom is -0.354 e. The molecule has 1 aromatic rings. The van der Waals surface area contributed by atoms with Gasteiger partial charge >= 0.3 is 0 Å². The van der Waals surface area contributed by atoms with Gasteiger partial charge in [-0.25, -0.2) is 4.98 Å². The maximum atomic E-state index is 11.5. The molecule has 0 fully saturated rings. The minimum atomic E-state index is 0. The molecule has 15 heavy (non-hydrogen) atoms. The highest BCUT2D eigenvalue weighted by atomic mass is 32.1. The van der Waals surface area contributed by atoms with Gasteiger partial charge in [-0.05, 0) is 13.8 Å². The van der Waals surface area contributed by atoms with Crippen molar-refractivity contribution in [3.63, 3.8) is 0 Å². The number of thiazole rings is 1. The fraction of sp³-hybridized carbons (Fsp3) is 0.636. The maximum Gasteiger partial charge on any atom is 0.225 e. The second-order valence-corrected chi connectivity index (χ2v) is 5.37. The zero-order valence-corrected chi connectivity index (χ0v) is 10.5. The topological polar surface area (TPSA) is 42.0 Å². The van der Waals surface area contributed by atoms with E-state index in [1.54, 1.807) is 17.5 Å². The molecule has 3 nitrogen and oxygen atoms in total. The Morgan fingerprint density at radius 1 is 1.53 bits per heavy atom. The van der Waals surface area contributed by atoms with Gasteiger partial charge in [0.25, 0.3) is 0 Å². The van der Waals surface area contributed by atoms with E-state index >= 15 is 0 Å². The summed E-state index contributed by atoms with van der Waals surface area (Å²) >= 11 is 1.62. The fourth-order valence-electron chi connectivity index (χ4n) is 1.20. The molecule has 0 aliphatic carbocycles. The molecule has 0 spiro atoms. The first-order valence-electron chi connectivity index (χ1n) is 5.23. The van der Waals surface area contributed by atoms with Crippen LogP contribution in [0, 0.1) is 0 Å². The summed E-state index contributed by atoms with van der Waals surface area (Å²) in [5, 5.41) is 3.97. The summed E-state index contributed by atoms with van der Waals surface area (Å²) in [6.07, 6.45) is 2.25. The Bertz CT molecular complexity index is 336. The van der Waals surface area contributed by atoms with Crippen LogP contribution in [0.4, 0.5) is 0 Å². The molecule has 1 aromatic heterocycles. The van der Waals surface area contributed by atoms with E-state index in [1.165, 1.54) is 0 Å². The highest BCUT2D eigenvalue weighted by Gasteiger charge is 2.09. The van der Waals surface area contributed by atoms with Crippen LogP contribution in [-0.2, 0) is 11.2 Å². The SMILES string of the molecule is CC(C)NC(=O)Cc1cnc(C(C)C)s1.[HH]. The van der Waals surface area contributed by atoms with E-state index in [9.17, 15) is 4.79 Å². The normalized spacial score (nSPS) is 11.1. The second-order valence-electron chi connectivity index (χ2n) is 4.22. The molecule has 0 saturated heterocycles. The maximum absolute atomic E-state index is 11.5. The van der Waals surface area contributed by atoms with Crippen LogP contribution >= 0.6 is 11.3 Å². The molecule has 0 aromatic carbocycles. The van der Waals surface area contributed by atoms with E-state index in [4.69, 9.17) is 0 Å². The van der Waals surface area contributed by atoms with Gasteiger partial charge in [-0.1, -0.05) is 13.8 Å². The van der Waals surface area contributed by atoms with Crippen LogP contribution in [0.1, 0.15) is 44.9 Å². The van der Waals surface area contributed by atoms with Crippen LogP contribution in [0.2, 0.25) is 0 Å². The van der Waals surface area contributed by atoms with Gasteiger partial charge in [0.05, 0.1) is 11.4 Å². The van der Waals surface area contributed by atoms with Gasteiger partial charge in [0, 0.05) is 24.5 Å². The van der Waals surface area contributed by atoms with Crippen LogP contribution in [0.15, 0.2) is 6.20 Å². The van der Waals surface area contributed by atoms with Crippen molar-refractivity contribution in [1.82, 2.24) is 10.3 Å². The van der Waals surface area contributed by atoms with E-state index in [2.05, 4.69) is 24.1 Å². The monoisotopic (exact) mass is 228 g/mol. The molecule has 0 unspecified atom stereocenters. The molecular weight excluding hydrogens is 208 g/mol. The molecule has 4 heteroatoms. The number of aromatic nitrogens is 1. The molecule has 1 heterocycles. The number of rotatable bonds is 4. The highest BCUT2D eigenvalue weighted by molar-refractivity contribution is 7.11. The number of carbonyl (C=O) groups excluding carboxylic acids is 1. The van der Waals surface area contributed by atoms with E-state index in [0.717, 1.165) is 9.88 Å². The number of hydrogen-bond donors (Lipinski definition) is 1. The second kappa shape index (κ2) is 5.26. The van der Waals surface area contributed by atoms with E-state index in [1.807, 2.05) is 13.8 Å². The number of amides is 1. The minimum absolute atomic E-state index is 0. The molecule has 0 bridgehead atoms. The van der Waals surface area contributed by atoms with Crippen LogP contribution in [-0.4, -0.2) is 16.9 Å². The highest BCUT2D eigenvalue weighted by Crippen LogP contribution is 2.21. The predicted octanol–water partition coefficient (Wildman–Crippen LogP) is 2.58. The van der Waals surface area contributed by atoms with Crippen molar-refractivity contribution < 1.29 is 6.22 Å². The summed E-state index contributed by atoms with van der Waals surface area (Å²) < 4.78 is 0. The molecule has 86 valence electrons. The molecular formula is C11H20N2OS. The molecule has 1 rings (SSSR count). The average Bonchev–Trinajstić information content (AvgIpc) is 2.50. The summed E-state index contributed by atoms with van der Waals surface area (Å²) in [7, 11) is 0. The van der Waals surface area contributed by atoms with Gasteiger partial charge in [-0.15, -0.1) is 11.3 Å². The summed E-state index contributed by atoms with van der Waals surface area (Å²) in [5.74, 6) is 0.515. The van der Waals surface area contributed by atoms with Crippen LogP contribution in [0.3, 0.4) is 0 Å². The lowest BCUT2D eigenvalue weighted by molar-refractivity contribution is -0.120. The van der Waals surface area contributed by atoms with Crippen molar-refractivity contribution >= 4 is 17.2 Å². The molecule has 1 amide bonds. The summed E-state index contributed by atoms with van der Waals surface area (Å²) in [4.78, 5) is 16.8. The third kappa shape index (κ3) is 4.00. The number of hydrogen-bond acceptors (Lipinski definition) is 3. The molecule has 0 aliphatic rings. The lowest BCUT2D eigenvalue weighted by Crippen LogP contribution is -2.31. The molecule has 0 saturated carbocycles. The summed E-state index contributed by atoms with van der Waals surface area (Å²) in [6, 6.07) is 0.204. The first kappa shape index (κ1) is 12.2. The van der Waals surface area contributed by atoms with Gasteiger partial charge in [0.2, 0.25) is 5.91 Å². The first-order chi connectivity index (χ1) is 6.99. The average molecular weight is 228 g/mol. The third-order valence-electron chi connectivity index (χ3n) is 1.85. The van der Waals surface area contributed by atoms with Gasteiger partial charge < -0.3 is 5.32 Å². The smallest absolute Gasteiger partial charge is 0.225 e. The van der Waals surface area contributed by atoms with Crippen molar-refractivity contribution in [2.45, 2.75) is 46.1 Å². The lowest BCUT2D eigenvalue weighted by atomic mass is 10.2. The molecule has 0 aliphatic heterocycles. The van der Waals surface area contributed by atoms with E-state index in [-0.39, 0.29) is 13.4 Å². The molecule has 0 radical (unpaired) electrons. The number of carbonyl (C=O) groups is 1. The third-order valence-corrected chi connectivity index (χ3v) is 3.15. The Morgan fingerprint density at radius 2 is 2.20 bits per heavy atom. The Labute approximate surface area is 96.4 Å². The van der Waals surface area contributed by atoms with Crippen molar-refractivity contribution in [1.29, 1.82) is 0 Å². The van der Waals surface area contributed by atoms with E-state index < -0.39 is 0 Å². The largest absolute Gasteiger partial charge is 0.354 e. The Kier molecular flexibility index (Phi) is 4.27. The molecule has 0 atom stereocenters. The quantitative estimate of drug-likeness (QED) is 0.860. The van der Waals surface area contributed by atoms with Crippen LogP contribution in [0.5, 0.6) is 0 Å². The van der Waals surface area contributed by atoms with Crippen molar-refractivity contribution in [3.8, 4) is 0 Å². The van der Waals surface area contributed by atoms with Gasteiger partial charge in [-0.2, -0.15) is 0 Å². The van der Waals surface area contributed by atoms with Crippen molar-refractivity contribution in [2.75, 3.05) is 0 Å². The fourth-order valence-corrected chi connectivity index (χ4v) is 2.12. The predicted molar refractivity (Wildman–Crippen MR) is 65.3 cm³/mol. The Morgan fingerprint density at radius 3 is 2.67 bits per heavy atom. The first-order valence-corrected chi connectivity index (χ1v) is 6.04. The number of nitrogens with one attached hydrogen (secondary N) is 1. The zero-order valence-electron chi connectivity index (χ0n) is 9.70. The molecule has 1 N–H and O–H groups in total. The Balaban J connectivity index is 0.00000225. The van der Waals surface area contributed by atoms with Gasteiger partial charge in [0.1, 0.15) is 0 Å².